The van der Waals surface area contributed by atoms with Gasteiger partial charge in [-0.1, -0.05) is 63.0 Å². The molecule has 2 aromatic carbocycles. The lowest BCUT2D eigenvalue weighted by Crippen LogP contribution is -2.44. The standard InChI is InChI=1S/C32H34Cl2FNO3/c1-6-36-23-13-31(2,3)15-25(37)28(23)27(29-24(36)14-32(4,5)16-26(29)38)19-11-21(33)30(22(34)12-19)39-17-18-8-7-9-20(35)10-18/h7-12,27H,6,13-17H2,1-5H3. The van der Waals surface area contributed by atoms with Crippen molar-refractivity contribution in [3.63, 3.8) is 0 Å². The van der Waals surface area contributed by atoms with E-state index in [4.69, 9.17) is 27.9 Å². The molecule has 0 spiro atoms. The molecule has 0 atom stereocenters. The molecule has 0 radical (unpaired) electrons. The second kappa shape index (κ2) is 10.1. The normalized spacial score (nSPS) is 20.8. The number of carbonyl (C=O) groups is 2. The zero-order chi connectivity index (χ0) is 28.3. The van der Waals surface area contributed by atoms with Crippen molar-refractivity contribution >= 4 is 34.8 Å². The van der Waals surface area contributed by atoms with Crippen molar-refractivity contribution < 1.29 is 18.7 Å². The van der Waals surface area contributed by atoms with Crippen LogP contribution in [0, 0.1) is 16.6 Å². The van der Waals surface area contributed by atoms with Gasteiger partial charge in [-0.25, -0.2) is 4.39 Å². The zero-order valence-electron chi connectivity index (χ0n) is 23.1. The molecule has 4 nitrogen and oxygen atoms in total. The number of carbonyl (C=O) groups excluding carboxylic acids is 2. The minimum atomic E-state index is -0.530. The Hall–Kier alpha value is -2.63. The van der Waals surface area contributed by atoms with Gasteiger partial charge >= 0.3 is 0 Å². The van der Waals surface area contributed by atoms with Gasteiger partial charge in [-0.05, 0) is 66.0 Å². The van der Waals surface area contributed by atoms with Gasteiger partial charge in [-0.3, -0.25) is 9.59 Å². The summed E-state index contributed by atoms with van der Waals surface area (Å²) < 4.78 is 19.5. The molecule has 1 heterocycles. The predicted octanol–water partition coefficient (Wildman–Crippen LogP) is 8.42. The van der Waals surface area contributed by atoms with Gasteiger partial charge in [0.1, 0.15) is 12.4 Å². The third kappa shape index (κ3) is 5.28. The van der Waals surface area contributed by atoms with E-state index < -0.39 is 5.92 Å². The van der Waals surface area contributed by atoms with E-state index in [1.54, 1.807) is 24.3 Å². The Morgan fingerprint density at radius 2 is 1.44 bits per heavy atom. The molecule has 3 aliphatic rings. The first-order valence-corrected chi connectivity index (χ1v) is 14.2. The van der Waals surface area contributed by atoms with Gasteiger partial charge in [0.15, 0.2) is 17.3 Å². The van der Waals surface area contributed by atoms with Gasteiger partial charge in [0.2, 0.25) is 0 Å². The number of ether oxygens (including phenoxy) is 1. The van der Waals surface area contributed by atoms with Crippen LogP contribution in [0.5, 0.6) is 5.75 Å². The third-order valence-corrected chi connectivity index (χ3v) is 8.53. The van der Waals surface area contributed by atoms with E-state index in [-0.39, 0.29) is 50.6 Å². The zero-order valence-corrected chi connectivity index (χ0v) is 24.6. The number of hydrogen-bond acceptors (Lipinski definition) is 4. The van der Waals surface area contributed by atoms with Gasteiger partial charge in [-0.15, -0.1) is 0 Å². The highest BCUT2D eigenvalue weighted by molar-refractivity contribution is 6.37. The average Bonchev–Trinajstić information content (AvgIpc) is 2.80. The summed E-state index contributed by atoms with van der Waals surface area (Å²) in [5.41, 5.74) is 4.38. The Kier molecular flexibility index (Phi) is 7.22. The maximum Gasteiger partial charge on any atom is 0.162 e. The molecule has 1 aliphatic heterocycles. The number of benzene rings is 2. The fraction of sp³-hybridized carbons (Fsp3) is 0.438. The maximum atomic E-state index is 13.8. The van der Waals surface area contributed by atoms with Gasteiger partial charge in [0.25, 0.3) is 0 Å². The van der Waals surface area contributed by atoms with Crippen molar-refractivity contribution in [2.24, 2.45) is 10.8 Å². The van der Waals surface area contributed by atoms with E-state index in [1.807, 2.05) is 0 Å². The van der Waals surface area contributed by atoms with Crippen molar-refractivity contribution in [1.29, 1.82) is 0 Å². The summed E-state index contributed by atoms with van der Waals surface area (Å²) in [5.74, 6) is -0.471. The average molecular weight is 571 g/mol. The van der Waals surface area contributed by atoms with E-state index in [9.17, 15) is 14.0 Å². The molecule has 2 aromatic rings. The minimum Gasteiger partial charge on any atom is -0.486 e. The van der Waals surface area contributed by atoms with Gasteiger partial charge < -0.3 is 9.64 Å². The highest BCUT2D eigenvalue weighted by Gasteiger charge is 2.48. The SMILES string of the molecule is CCN1C2=C(C(=O)CC(C)(C)C2)C(c2cc(Cl)c(OCc3cccc(F)c3)c(Cl)c2)C2=C1CC(C)(C)CC2=O. The molecule has 0 unspecified atom stereocenters. The second-order valence-electron chi connectivity index (χ2n) is 12.5. The van der Waals surface area contributed by atoms with Gasteiger partial charge in [0.05, 0.1) is 10.0 Å². The lowest BCUT2D eigenvalue weighted by Gasteiger charge is -2.49. The number of hydrogen-bond donors (Lipinski definition) is 0. The van der Waals surface area contributed by atoms with Crippen molar-refractivity contribution in [2.45, 2.75) is 72.8 Å². The largest absolute Gasteiger partial charge is 0.486 e. The first-order valence-electron chi connectivity index (χ1n) is 13.5. The first kappa shape index (κ1) is 27.9. The van der Waals surface area contributed by atoms with Crippen LogP contribution >= 0.6 is 23.2 Å². The lowest BCUT2D eigenvalue weighted by molar-refractivity contribution is -0.119. The van der Waals surface area contributed by atoms with E-state index in [0.29, 0.717) is 41.7 Å². The molecule has 39 heavy (non-hydrogen) atoms. The molecule has 206 valence electrons. The molecule has 2 aliphatic carbocycles. The summed E-state index contributed by atoms with van der Waals surface area (Å²) in [6.45, 7) is 11.3. The molecule has 5 rings (SSSR count). The highest BCUT2D eigenvalue weighted by atomic mass is 35.5. The van der Waals surface area contributed by atoms with Crippen LogP contribution in [-0.4, -0.2) is 23.0 Å². The quantitative estimate of drug-likeness (QED) is 0.362. The molecule has 0 aromatic heterocycles. The van der Waals surface area contributed by atoms with Gasteiger partial charge in [-0.2, -0.15) is 0 Å². The van der Waals surface area contributed by atoms with Crippen LogP contribution in [0.3, 0.4) is 0 Å². The van der Waals surface area contributed by atoms with Crippen molar-refractivity contribution in [2.75, 3.05) is 6.54 Å². The molecule has 0 saturated carbocycles. The molecular formula is C32H34Cl2FNO3. The van der Waals surface area contributed by atoms with Crippen molar-refractivity contribution in [3.8, 4) is 5.75 Å². The van der Waals surface area contributed by atoms with Crippen molar-refractivity contribution in [3.05, 3.63) is 85.9 Å². The highest BCUT2D eigenvalue weighted by Crippen LogP contribution is 2.55. The monoisotopic (exact) mass is 569 g/mol. The van der Waals surface area contributed by atoms with E-state index >= 15 is 0 Å². The van der Waals surface area contributed by atoms with Crippen LogP contribution in [0.2, 0.25) is 10.0 Å². The Morgan fingerprint density at radius 3 is 1.92 bits per heavy atom. The molecule has 0 saturated heterocycles. The van der Waals surface area contributed by atoms with Crippen LogP contribution < -0.4 is 4.74 Å². The maximum absolute atomic E-state index is 13.8. The molecule has 0 bridgehead atoms. The number of Topliss-reactive ketones (excluding diaryl/α,β-unsaturated/α-hetero) is 2. The summed E-state index contributed by atoms with van der Waals surface area (Å²) in [6, 6.07) is 9.66. The number of ketones is 2. The summed E-state index contributed by atoms with van der Waals surface area (Å²) in [4.78, 5) is 29.8. The summed E-state index contributed by atoms with van der Waals surface area (Å²) >= 11 is 13.5. The number of halogens is 3. The summed E-state index contributed by atoms with van der Waals surface area (Å²) in [5, 5.41) is 0.562. The topological polar surface area (TPSA) is 46.6 Å². The lowest BCUT2D eigenvalue weighted by atomic mass is 9.63. The summed E-state index contributed by atoms with van der Waals surface area (Å²) in [6.07, 6.45) is 2.33. The molecule has 7 heteroatoms. The first-order chi connectivity index (χ1) is 18.3. The van der Waals surface area contributed by atoms with Crippen molar-refractivity contribution in [1.82, 2.24) is 4.90 Å². The van der Waals surface area contributed by atoms with Crippen LogP contribution in [0.1, 0.15) is 77.3 Å². The number of allylic oxidation sites excluding steroid dienone is 4. The van der Waals surface area contributed by atoms with E-state index in [1.165, 1.54) is 12.1 Å². The molecule has 0 fully saturated rings. The Balaban J connectivity index is 1.62. The van der Waals surface area contributed by atoms with Crippen LogP contribution in [0.25, 0.3) is 0 Å². The Morgan fingerprint density at radius 1 is 0.897 bits per heavy atom. The van der Waals surface area contributed by atoms with Gasteiger partial charge in [0, 0.05) is 47.8 Å². The van der Waals surface area contributed by atoms with E-state index in [2.05, 4.69) is 39.5 Å². The minimum absolute atomic E-state index is 0.0626. The predicted molar refractivity (Wildman–Crippen MR) is 152 cm³/mol. The molecule has 0 N–H and O–H groups in total. The van der Waals surface area contributed by atoms with E-state index in [0.717, 1.165) is 24.2 Å². The smallest absolute Gasteiger partial charge is 0.162 e. The van der Waals surface area contributed by atoms with Crippen LogP contribution in [-0.2, 0) is 16.2 Å². The Labute approximate surface area is 239 Å². The fourth-order valence-corrected chi connectivity index (χ4v) is 7.04. The third-order valence-electron chi connectivity index (χ3n) is 7.96. The van der Waals surface area contributed by atoms with Crippen LogP contribution in [0.15, 0.2) is 58.9 Å². The fourth-order valence-electron chi connectivity index (χ4n) is 6.43. The molecular weight excluding hydrogens is 536 g/mol. The Bertz CT molecular complexity index is 1360. The second-order valence-corrected chi connectivity index (χ2v) is 13.3. The number of rotatable bonds is 5. The summed E-state index contributed by atoms with van der Waals surface area (Å²) in [7, 11) is 0. The van der Waals surface area contributed by atoms with Crippen LogP contribution in [0.4, 0.5) is 4.39 Å². The number of nitrogens with zero attached hydrogens (tertiary/aromatic N) is 1. The molecule has 0 amide bonds.